The molecule has 1 aromatic carbocycles. The van der Waals surface area contributed by atoms with E-state index >= 15 is 0 Å². The highest BCUT2D eigenvalue weighted by Crippen LogP contribution is 2.24. The molecule has 2 atom stereocenters. The highest BCUT2D eigenvalue weighted by atomic mass is 19.1. The molecule has 3 rings (SSSR count). The third-order valence-electron chi connectivity index (χ3n) is 5.45. The van der Waals surface area contributed by atoms with E-state index in [4.69, 9.17) is 4.42 Å². The lowest BCUT2D eigenvalue weighted by molar-refractivity contribution is -0.135. The van der Waals surface area contributed by atoms with Crippen LogP contribution in [0.25, 0.3) is 0 Å². The first-order valence-electron chi connectivity index (χ1n) is 10.1. The second kappa shape index (κ2) is 9.11. The van der Waals surface area contributed by atoms with E-state index in [0.29, 0.717) is 17.0 Å². The Bertz CT molecular complexity index is 880. The van der Waals surface area contributed by atoms with Crippen LogP contribution in [0.1, 0.15) is 55.6 Å². The van der Waals surface area contributed by atoms with Crippen molar-refractivity contribution in [2.45, 2.75) is 58.5 Å². The Morgan fingerprint density at radius 1 is 1.31 bits per heavy atom. The average Bonchev–Trinajstić information content (AvgIpc) is 3.15. The van der Waals surface area contributed by atoms with Crippen molar-refractivity contribution >= 4 is 23.2 Å². The molecule has 2 N–H and O–H groups in total. The van der Waals surface area contributed by atoms with Crippen LogP contribution in [0, 0.1) is 12.7 Å². The van der Waals surface area contributed by atoms with Gasteiger partial charge in [-0.15, -0.1) is 0 Å². The van der Waals surface area contributed by atoms with Crippen molar-refractivity contribution in [3.63, 3.8) is 0 Å². The topological polar surface area (TPSA) is 74.6 Å². The van der Waals surface area contributed by atoms with Crippen molar-refractivity contribution in [1.29, 1.82) is 0 Å². The molecule has 2 unspecified atom stereocenters. The Labute approximate surface area is 170 Å². The van der Waals surface area contributed by atoms with Crippen LogP contribution in [-0.2, 0) is 4.79 Å². The molecule has 0 radical (unpaired) electrons. The molecule has 2 heterocycles. The van der Waals surface area contributed by atoms with Crippen LogP contribution in [0.4, 0.5) is 15.8 Å². The number of aryl methyl sites for hydroxylation is 1. The first-order chi connectivity index (χ1) is 13.9. The van der Waals surface area contributed by atoms with Gasteiger partial charge in [-0.1, -0.05) is 6.92 Å². The molecule has 0 bridgehead atoms. The van der Waals surface area contributed by atoms with Gasteiger partial charge in [-0.3, -0.25) is 9.59 Å². The Hall–Kier alpha value is -2.83. The van der Waals surface area contributed by atoms with Crippen molar-refractivity contribution in [3.8, 4) is 0 Å². The highest BCUT2D eigenvalue weighted by molar-refractivity contribution is 6.05. The zero-order valence-corrected chi connectivity index (χ0v) is 17.1. The third kappa shape index (κ3) is 4.78. The van der Waals surface area contributed by atoms with E-state index in [1.165, 1.54) is 24.5 Å². The lowest BCUT2D eigenvalue weighted by atomic mass is 9.99. The maximum atomic E-state index is 14.2. The van der Waals surface area contributed by atoms with Crippen LogP contribution in [0.15, 0.2) is 34.9 Å². The highest BCUT2D eigenvalue weighted by Gasteiger charge is 2.28. The summed E-state index contributed by atoms with van der Waals surface area (Å²) in [6, 6.07) is 5.70. The minimum Gasteiger partial charge on any atom is -0.469 e. The number of piperidine rings is 1. The summed E-state index contributed by atoms with van der Waals surface area (Å²) in [5.41, 5.74) is 0.961. The second-order valence-electron chi connectivity index (χ2n) is 7.49. The summed E-state index contributed by atoms with van der Waals surface area (Å²) in [6.45, 7) is 6.35. The van der Waals surface area contributed by atoms with Gasteiger partial charge in [-0.25, -0.2) is 4.39 Å². The molecule has 0 spiro atoms. The minimum absolute atomic E-state index is 0.0421. The summed E-state index contributed by atoms with van der Waals surface area (Å²) >= 11 is 0. The summed E-state index contributed by atoms with van der Waals surface area (Å²) in [4.78, 5) is 27.2. The molecular weight excluding hydrogens is 373 g/mol. The van der Waals surface area contributed by atoms with Crippen molar-refractivity contribution in [2.75, 3.05) is 17.2 Å². The summed E-state index contributed by atoms with van der Waals surface area (Å²) in [7, 11) is 0. The Morgan fingerprint density at radius 3 is 2.79 bits per heavy atom. The normalized spacial score (nSPS) is 17.7. The minimum atomic E-state index is -0.550. The van der Waals surface area contributed by atoms with Crippen LogP contribution < -0.4 is 10.6 Å². The maximum Gasteiger partial charge on any atom is 0.259 e. The van der Waals surface area contributed by atoms with E-state index in [0.717, 1.165) is 32.2 Å². The van der Waals surface area contributed by atoms with Crippen LogP contribution >= 0.6 is 0 Å². The number of carbonyl (C=O) groups is 2. The fourth-order valence-electron chi connectivity index (χ4n) is 3.80. The summed E-state index contributed by atoms with van der Waals surface area (Å²) < 4.78 is 19.3. The SMILES string of the molecule is CCC1CCCCN1C(=O)C(C)Nc1ccc(F)c(NC(=O)c2ccoc2C)c1. The number of hydrogen-bond donors (Lipinski definition) is 2. The van der Waals surface area contributed by atoms with E-state index in [2.05, 4.69) is 17.6 Å². The first kappa shape index (κ1) is 20.9. The van der Waals surface area contributed by atoms with E-state index in [9.17, 15) is 14.0 Å². The van der Waals surface area contributed by atoms with Gasteiger partial charge in [0.25, 0.3) is 5.91 Å². The lowest BCUT2D eigenvalue weighted by Crippen LogP contribution is -2.49. The van der Waals surface area contributed by atoms with Crippen LogP contribution in [0.3, 0.4) is 0 Å². The number of furan rings is 1. The van der Waals surface area contributed by atoms with Crippen molar-refractivity contribution < 1.29 is 18.4 Å². The predicted molar refractivity (Wildman–Crippen MR) is 111 cm³/mol. The van der Waals surface area contributed by atoms with Gasteiger partial charge < -0.3 is 20.0 Å². The first-order valence-corrected chi connectivity index (χ1v) is 10.1. The molecule has 156 valence electrons. The summed E-state index contributed by atoms with van der Waals surface area (Å²) in [5.74, 6) is -0.495. The molecule has 1 aliphatic heterocycles. The molecule has 0 saturated carbocycles. The fourth-order valence-corrected chi connectivity index (χ4v) is 3.80. The number of hydrogen-bond acceptors (Lipinski definition) is 4. The number of rotatable bonds is 6. The van der Waals surface area contributed by atoms with Crippen LogP contribution in [-0.4, -0.2) is 35.3 Å². The van der Waals surface area contributed by atoms with E-state index in [1.54, 1.807) is 19.9 Å². The zero-order valence-electron chi connectivity index (χ0n) is 17.1. The fraction of sp³-hybridized carbons (Fsp3) is 0.455. The average molecular weight is 401 g/mol. The standard InChI is InChI=1S/C22H28FN3O3/c1-4-17-7-5-6-11-26(17)22(28)14(2)24-16-8-9-19(23)20(13-16)25-21(27)18-10-12-29-15(18)3/h8-10,12-14,17,24H,4-7,11H2,1-3H3,(H,25,27). The molecule has 1 saturated heterocycles. The van der Waals surface area contributed by atoms with E-state index < -0.39 is 17.8 Å². The van der Waals surface area contributed by atoms with Gasteiger partial charge in [0.05, 0.1) is 17.5 Å². The number of benzene rings is 1. The molecule has 6 nitrogen and oxygen atoms in total. The number of carbonyl (C=O) groups excluding carboxylic acids is 2. The van der Waals surface area contributed by atoms with Crippen molar-refractivity contribution in [1.82, 2.24) is 4.90 Å². The molecule has 1 fully saturated rings. The third-order valence-corrected chi connectivity index (χ3v) is 5.45. The lowest BCUT2D eigenvalue weighted by Gasteiger charge is -2.37. The van der Waals surface area contributed by atoms with Crippen molar-refractivity contribution in [2.24, 2.45) is 0 Å². The molecule has 0 aliphatic carbocycles. The number of halogens is 1. The molecule has 1 aliphatic rings. The molecular formula is C22H28FN3O3. The number of likely N-dealkylation sites (tertiary alicyclic amines) is 1. The van der Waals surface area contributed by atoms with Gasteiger partial charge in [-0.2, -0.15) is 0 Å². The molecule has 2 aromatic rings. The van der Waals surface area contributed by atoms with Gasteiger partial charge in [0, 0.05) is 18.3 Å². The molecule has 2 amide bonds. The number of nitrogens with one attached hydrogen (secondary N) is 2. The van der Waals surface area contributed by atoms with E-state index in [-0.39, 0.29) is 17.6 Å². The number of anilines is 2. The van der Waals surface area contributed by atoms with Crippen LogP contribution in [0.5, 0.6) is 0 Å². The van der Waals surface area contributed by atoms with Gasteiger partial charge >= 0.3 is 0 Å². The van der Waals surface area contributed by atoms with Gasteiger partial charge in [0.15, 0.2) is 0 Å². The van der Waals surface area contributed by atoms with Crippen molar-refractivity contribution in [3.05, 3.63) is 47.7 Å². The Kier molecular flexibility index (Phi) is 6.56. The quantitative estimate of drug-likeness (QED) is 0.744. The Balaban J connectivity index is 1.69. The largest absolute Gasteiger partial charge is 0.469 e. The van der Waals surface area contributed by atoms with E-state index in [1.807, 2.05) is 4.90 Å². The number of amides is 2. The maximum absolute atomic E-state index is 14.2. The summed E-state index contributed by atoms with van der Waals surface area (Å²) in [6.07, 6.45) is 5.57. The number of nitrogens with zero attached hydrogens (tertiary/aromatic N) is 1. The smallest absolute Gasteiger partial charge is 0.259 e. The zero-order chi connectivity index (χ0) is 21.0. The Morgan fingerprint density at radius 2 is 2.10 bits per heavy atom. The van der Waals surface area contributed by atoms with Gasteiger partial charge in [0.1, 0.15) is 17.6 Å². The van der Waals surface area contributed by atoms with Crippen LogP contribution in [0.2, 0.25) is 0 Å². The second-order valence-corrected chi connectivity index (χ2v) is 7.49. The molecule has 29 heavy (non-hydrogen) atoms. The summed E-state index contributed by atoms with van der Waals surface area (Å²) in [5, 5.41) is 5.71. The predicted octanol–water partition coefficient (Wildman–Crippen LogP) is 4.57. The van der Waals surface area contributed by atoms with Gasteiger partial charge in [-0.05, 0) is 63.8 Å². The monoisotopic (exact) mass is 401 g/mol. The molecule has 1 aromatic heterocycles. The molecule has 7 heteroatoms. The van der Waals surface area contributed by atoms with Gasteiger partial charge in [0.2, 0.25) is 5.91 Å².